The van der Waals surface area contributed by atoms with Gasteiger partial charge in [-0.25, -0.2) is 0 Å². The zero-order valence-electron chi connectivity index (χ0n) is 24.4. The van der Waals surface area contributed by atoms with E-state index in [1.54, 1.807) is 27.7 Å². The van der Waals surface area contributed by atoms with Crippen LogP contribution >= 0.6 is 0 Å². The van der Waals surface area contributed by atoms with Crippen molar-refractivity contribution < 1.29 is 14.6 Å². The summed E-state index contributed by atoms with van der Waals surface area (Å²) >= 11 is 0. The molecule has 6 heteroatoms. The Balaban J connectivity index is 0.000000617. The lowest BCUT2D eigenvalue weighted by molar-refractivity contribution is -0.116. The third-order valence-electron chi connectivity index (χ3n) is 7.37. The zero-order chi connectivity index (χ0) is 27.6. The summed E-state index contributed by atoms with van der Waals surface area (Å²) in [5.41, 5.74) is 9.59. The molecular weight excluding hydrogens is 474 g/mol. The number of benzene rings is 2. The first-order chi connectivity index (χ1) is 17.9. The minimum atomic E-state index is -0.500. The number of ether oxygens (including phenoxy) is 1. The maximum atomic E-state index is 12.4. The predicted molar refractivity (Wildman–Crippen MR) is 157 cm³/mol. The molecule has 0 amide bonds. The normalized spacial score (nSPS) is 15.9. The number of carbonyl (C=O) groups is 1. The lowest BCUT2D eigenvalue weighted by Gasteiger charge is -2.36. The Hall–Kier alpha value is -2.67. The highest BCUT2D eigenvalue weighted by molar-refractivity contribution is 6.07. The van der Waals surface area contributed by atoms with E-state index in [0.29, 0.717) is 6.42 Å². The van der Waals surface area contributed by atoms with Crippen molar-refractivity contribution in [3.05, 3.63) is 52.7 Å². The molecule has 0 bridgehead atoms. The molecule has 6 nitrogen and oxygen atoms in total. The maximum Gasteiger partial charge on any atom is 0.134 e. The molecule has 0 atom stereocenters. The van der Waals surface area contributed by atoms with Crippen molar-refractivity contribution in [2.45, 2.75) is 67.0 Å². The number of carbonyl (C=O) groups excluding carboxylic acids is 1. The van der Waals surface area contributed by atoms with E-state index >= 15 is 0 Å². The average molecular weight is 520 g/mol. The van der Waals surface area contributed by atoms with Crippen molar-refractivity contribution in [1.82, 2.24) is 9.47 Å². The van der Waals surface area contributed by atoms with E-state index in [4.69, 9.17) is 9.84 Å². The van der Waals surface area contributed by atoms with Crippen LogP contribution in [-0.4, -0.2) is 71.9 Å². The average Bonchev–Trinajstić information content (AvgIpc) is 3.18. The molecule has 1 N–H and O–H groups in total. The van der Waals surface area contributed by atoms with Crippen molar-refractivity contribution in [3.8, 4) is 11.1 Å². The molecule has 5 rings (SSSR count). The molecule has 0 saturated carbocycles. The van der Waals surface area contributed by atoms with Crippen LogP contribution in [0.5, 0.6) is 0 Å². The van der Waals surface area contributed by atoms with Crippen LogP contribution in [-0.2, 0) is 22.5 Å². The Morgan fingerprint density at radius 3 is 2.21 bits per heavy atom. The van der Waals surface area contributed by atoms with Gasteiger partial charge in [-0.2, -0.15) is 0 Å². The van der Waals surface area contributed by atoms with Crippen LogP contribution in [0.4, 0.5) is 5.69 Å². The molecule has 3 aromatic rings. The molecule has 1 aromatic heterocycles. The number of morpholine rings is 1. The number of aryl methyl sites for hydroxylation is 2. The van der Waals surface area contributed by atoms with Crippen molar-refractivity contribution in [2.75, 3.05) is 50.8 Å². The molecule has 2 aliphatic heterocycles. The number of anilines is 1. The Kier molecular flexibility index (Phi) is 8.65. The molecule has 0 unspecified atom stereocenters. The van der Waals surface area contributed by atoms with Gasteiger partial charge in [0.15, 0.2) is 0 Å². The van der Waals surface area contributed by atoms with Gasteiger partial charge in [-0.15, -0.1) is 0 Å². The van der Waals surface area contributed by atoms with E-state index in [1.165, 1.54) is 50.1 Å². The molecule has 2 aromatic carbocycles. The molecule has 0 radical (unpaired) electrons. The molecule has 1 saturated heterocycles. The van der Waals surface area contributed by atoms with E-state index in [0.717, 1.165) is 52.5 Å². The van der Waals surface area contributed by atoms with Gasteiger partial charge in [0, 0.05) is 56.8 Å². The Bertz CT molecular complexity index is 1270. The zero-order valence-corrected chi connectivity index (χ0v) is 24.4. The van der Waals surface area contributed by atoms with Crippen LogP contribution in [0.2, 0.25) is 0 Å². The van der Waals surface area contributed by atoms with Gasteiger partial charge in [0.05, 0.1) is 30.0 Å². The molecule has 38 heavy (non-hydrogen) atoms. The fourth-order valence-corrected chi connectivity index (χ4v) is 5.63. The highest BCUT2D eigenvalue weighted by Gasteiger charge is 2.28. The van der Waals surface area contributed by atoms with Gasteiger partial charge in [0.25, 0.3) is 0 Å². The maximum absolute atomic E-state index is 12.4. The van der Waals surface area contributed by atoms with E-state index in [1.807, 2.05) is 0 Å². The molecular formula is C32H45N3O3. The summed E-state index contributed by atoms with van der Waals surface area (Å²) in [7, 11) is 0. The fraction of sp³-hybridized carbons (Fsp3) is 0.531. The summed E-state index contributed by atoms with van der Waals surface area (Å²) in [5, 5.41) is 9.80. The van der Waals surface area contributed by atoms with Gasteiger partial charge >= 0.3 is 0 Å². The van der Waals surface area contributed by atoms with Gasteiger partial charge in [-0.05, 0) is 76.8 Å². The summed E-state index contributed by atoms with van der Waals surface area (Å²) in [6.45, 7) is 21.3. The van der Waals surface area contributed by atoms with Gasteiger partial charge in [0.1, 0.15) is 5.78 Å². The fourth-order valence-electron chi connectivity index (χ4n) is 5.63. The standard InChI is InChI=1S/C28H35N3O2.C4H10O/c1-19-5-7-23(8-6-19)26-24(18-21(3)32)22(4)27-28-25(26)17-20(2)31(28)12-11-30(27)10-9-29-13-15-33-16-14-29;1-4(2,3)5/h5-8,17H,9-16,18H2,1-4H3;5H,1-3H3. The number of aromatic nitrogens is 1. The number of ketones is 1. The van der Waals surface area contributed by atoms with Crippen molar-refractivity contribution in [3.63, 3.8) is 0 Å². The second-order valence-corrected chi connectivity index (χ2v) is 11.9. The third-order valence-corrected chi connectivity index (χ3v) is 7.37. The minimum absolute atomic E-state index is 0.213. The van der Waals surface area contributed by atoms with E-state index in [9.17, 15) is 4.79 Å². The van der Waals surface area contributed by atoms with Gasteiger partial charge in [-0.3, -0.25) is 9.69 Å². The van der Waals surface area contributed by atoms with Crippen LogP contribution < -0.4 is 4.90 Å². The molecule has 3 heterocycles. The van der Waals surface area contributed by atoms with E-state index in [2.05, 4.69) is 65.5 Å². The SMILES string of the molecule is CC(=O)Cc1c(C)c2c3c(cc(C)n3CCN2CCN2CCOCC2)c1-c1ccc(C)cc1.CC(C)(C)O. The first-order valence-corrected chi connectivity index (χ1v) is 13.9. The summed E-state index contributed by atoms with van der Waals surface area (Å²) in [6, 6.07) is 11.1. The summed E-state index contributed by atoms with van der Waals surface area (Å²) in [6.07, 6.45) is 0.472. The topological polar surface area (TPSA) is 57.9 Å². The Morgan fingerprint density at radius 2 is 1.61 bits per heavy atom. The minimum Gasteiger partial charge on any atom is -0.391 e. The molecule has 206 valence electrons. The number of nitrogens with zero attached hydrogens (tertiary/aromatic N) is 3. The summed E-state index contributed by atoms with van der Waals surface area (Å²) in [5.74, 6) is 0.213. The molecule has 2 aliphatic rings. The van der Waals surface area contributed by atoms with Crippen LogP contribution in [0.15, 0.2) is 30.3 Å². The van der Waals surface area contributed by atoms with Gasteiger partial charge in [-0.1, -0.05) is 29.8 Å². The molecule has 0 aliphatic carbocycles. The second-order valence-electron chi connectivity index (χ2n) is 11.9. The quantitative estimate of drug-likeness (QED) is 0.479. The number of Topliss-reactive ketones (excluding diaryl/α,β-unsaturated/α-hetero) is 1. The third kappa shape index (κ3) is 6.48. The van der Waals surface area contributed by atoms with Crippen molar-refractivity contribution in [2.24, 2.45) is 0 Å². The lowest BCUT2D eigenvalue weighted by Crippen LogP contribution is -2.43. The molecule has 1 fully saturated rings. The second kappa shape index (κ2) is 11.6. The number of hydrogen-bond donors (Lipinski definition) is 1. The molecule has 0 spiro atoms. The summed E-state index contributed by atoms with van der Waals surface area (Å²) < 4.78 is 8.02. The number of rotatable bonds is 6. The van der Waals surface area contributed by atoms with Gasteiger partial charge in [0.2, 0.25) is 0 Å². The van der Waals surface area contributed by atoms with E-state index in [-0.39, 0.29) is 5.78 Å². The van der Waals surface area contributed by atoms with Crippen LogP contribution in [0, 0.1) is 20.8 Å². The Labute approximate surface area is 228 Å². The monoisotopic (exact) mass is 519 g/mol. The van der Waals surface area contributed by atoms with Crippen molar-refractivity contribution >= 4 is 22.4 Å². The largest absolute Gasteiger partial charge is 0.391 e. The van der Waals surface area contributed by atoms with Crippen LogP contribution in [0.25, 0.3) is 22.0 Å². The lowest BCUT2D eigenvalue weighted by atomic mass is 9.87. The van der Waals surface area contributed by atoms with Crippen LogP contribution in [0.3, 0.4) is 0 Å². The predicted octanol–water partition coefficient (Wildman–Crippen LogP) is 5.29. The van der Waals surface area contributed by atoms with E-state index < -0.39 is 5.60 Å². The van der Waals surface area contributed by atoms with Crippen molar-refractivity contribution in [1.29, 1.82) is 0 Å². The summed E-state index contributed by atoms with van der Waals surface area (Å²) in [4.78, 5) is 17.5. The number of hydrogen-bond acceptors (Lipinski definition) is 5. The first kappa shape index (κ1) is 28.3. The highest BCUT2D eigenvalue weighted by Crippen LogP contribution is 2.44. The number of aliphatic hydroxyl groups is 1. The van der Waals surface area contributed by atoms with Gasteiger partial charge < -0.3 is 19.3 Å². The first-order valence-electron chi connectivity index (χ1n) is 13.9. The highest BCUT2D eigenvalue weighted by atomic mass is 16.5. The smallest absolute Gasteiger partial charge is 0.134 e. The van der Waals surface area contributed by atoms with Crippen LogP contribution in [0.1, 0.15) is 50.1 Å². The Morgan fingerprint density at radius 1 is 0.974 bits per heavy atom.